The van der Waals surface area contributed by atoms with Crippen LogP contribution in [-0.4, -0.2) is 51.1 Å². The summed E-state index contributed by atoms with van der Waals surface area (Å²) in [6.07, 6.45) is 2.72. The summed E-state index contributed by atoms with van der Waals surface area (Å²) in [4.78, 5) is 21.7. The molecule has 3 unspecified atom stereocenters. The van der Waals surface area contributed by atoms with Gasteiger partial charge >= 0.3 is 0 Å². The maximum absolute atomic E-state index is 12.5. The molecule has 0 bridgehead atoms. The van der Waals surface area contributed by atoms with Crippen molar-refractivity contribution in [2.45, 2.75) is 38.5 Å². The van der Waals surface area contributed by atoms with Gasteiger partial charge in [0.25, 0.3) is 0 Å². The SMILES string of the molecule is CC1CN(C(=O)C2Cc3nc[nH]c3CN2)CCC1O. The number of imidazole rings is 1. The van der Waals surface area contributed by atoms with Gasteiger partial charge in [-0.05, 0) is 12.3 Å². The third-order valence-electron chi connectivity index (χ3n) is 4.20. The van der Waals surface area contributed by atoms with Gasteiger partial charge in [-0.3, -0.25) is 10.1 Å². The molecule has 1 aromatic heterocycles. The average Bonchev–Trinajstić information content (AvgIpc) is 2.88. The molecule has 2 aliphatic heterocycles. The van der Waals surface area contributed by atoms with E-state index in [1.165, 1.54) is 0 Å². The van der Waals surface area contributed by atoms with E-state index in [-0.39, 0.29) is 24.0 Å². The Morgan fingerprint density at radius 1 is 1.58 bits per heavy atom. The molecular weight excluding hydrogens is 244 g/mol. The minimum absolute atomic E-state index is 0.132. The lowest BCUT2D eigenvalue weighted by molar-refractivity contribution is -0.137. The van der Waals surface area contributed by atoms with E-state index >= 15 is 0 Å². The molecule has 104 valence electrons. The number of hydrogen-bond acceptors (Lipinski definition) is 4. The van der Waals surface area contributed by atoms with E-state index in [0.29, 0.717) is 32.5 Å². The van der Waals surface area contributed by atoms with Crippen LogP contribution in [0.1, 0.15) is 24.7 Å². The van der Waals surface area contributed by atoms with Crippen LogP contribution in [0.5, 0.6) is 0 Å². The molecule has 6 heteroatoms. The molecule has 0 saturated carbocycles. The van der Waals surface area contributed by atoms with Gasteiger partial charge < -0.3 is 15.0 Å². The number of H-pyrrole nitrogens is 1. The minimum Gasteiger partial charge on any atom is -0.393 e. The Hall–Kier alpha value is -1.40. The lowest BCUT2D eigenvalue weighted by Crippen LogP contribution is -2.53. The Kier molecular flexibility index (Phi) is 3.28. The molecule has 1 amide bonds. The molecule has 1 saturated heterocycles. The molecule has 1 aromatic rings. The molecule has 6 nitrogen and oxygen atoms in total. The number of hydrogen-bond donors (Lipinski definition) is 3. The van der Waals surface area contributed by atoms with E-state index < -0.39 is 0 Å². The van der Waals surface area contributed by atoms with Crippen molar-refractivity contribution in [2.75, 3.05) is 13.1 Å². The van der Waals surface area contributed by atoms with E-state index in [0.717, 1.165) is 11.4 Å². The number of aliphatic hydroxyl groups excluding tert-OH is 1. The number of rotatable bonds is 1. The third-order valence-corrected chi connectivity index (χ3v) is 4.20. The molecule has 19 heavy (non-hydrogen) atoms. The highest BCUT2D eigenvalue weighted by Crippen LogP contribution is 2.19. The summed E-state index contributed by atoms with van der Waals surface area (Å²) < 4.78 is 0. The molecule has 3 N–H and O–H groups in total. The number of nitrogens with zero attached hydrogens (tertiary/aromatic N) is 2. The first-order valence-electron chi connectivity index (χ1n) is 6.86. The van der Waals surface area contributed by atoms with Crippen LogP contribution in [0.15, 0.2) is 6.33 Å². The molecule has 2 aliphatic rings. The number of amides is 1. The Bertz CT molecular complexity index is 473. The second kappa shape index (κ2) is 4.94. The van der Waals surface area contributed by atoms with E-state index in [4.69, 9.17) is 0 Å². The van der Waals surface area contributed by atoms with Crippen molar-refractivity contribution in [3.8, 4) is 0 Å². The van der Waals surface area contributed by atoms with Gasteiger partial charge in [-0.1, -0.05) is 6.92 Å². The second-order valence-electron chi connectivity index (χ2n) is 5.58. The van der Waals surface area contributed by atoms with Gasteiger partial charge in [-0.15, -0.1) is 0 Å². The van der Waals surface area contributed by atoms with Gasteiger partial charge in [-0.25, -0.2) is 4.98 Å². The maximum atomic E-state index is 12.5. The van der Waals surface area contributed by atoms with Crippen LogP contribution < -0.4 is 5.32 Å². The zero-order valence-corrected chi connectivity index (χ0v) is 11.1. The fraction of sp³-hybridized carbons (Fsp3) is 0.692. The number of aromatic amines is 1. The Balaban J connectivity index is 1.65. The first-order valence-corrected chi connectivity index (χ1v) is 6.86. The van der Waals surface area contributed by atoms with Crippen molar-refractivity contribution in [3.63, 3.8) is 0 Å². The lowest BCUT2D eigenvalue weighted by atomic mass is 9.95. The van der Waals surface area contributed by atoms with E-state index in [2.05, 4.69) is 15.3 Å². The van der Waals surface area contributed by atoms with Gasteiger partial charge in [0.2, 0.25) is 5.91 Å². The van der Waals surface area contributed by atoms with Crippen molar-refractivity contribution in [1.82, 2.24) is 20.2 Å². The molecule has 0 aromatic carbocycles. The largest absolute Gasteiger partial charge is 0.393 e. The molecular formula is C13H20N4O2. The van der Waals surface area contributed by atoms with Crippen molar-refractivity contribution < 1.29 is 9.90 Å². The molecule has 3 rings (SSSR count). The van der Waals surface area contributed by atoms with Gasteiger partial charge in [0.1, 0.15) is 0 Å². The van der Waals surface area contributed by atoms with Crippen LogP contribution >= 0.6 is 0 Å². The number of nitrogens with one attached hydrogen (secondary N) is 2. The quantitative estimate of drug-likeness (QED) is 0.648. The van der Waals surface area contributed by atoms with Crippen LogP contribution in [0.4, 0.5) is 0 Å². The summed E-state index contributed by atoms with van der Waals surface area (Å²) in [5.74, 6) is 0.287. The van der Waals surface area contributed by atoms with E-state index in [9.17, 15) is 9.90 Å². The number of fused-ring (bicyclic) bond motifs is 1. The molecule has 0 aliphatic carbocycles. The van der Waals surface area contributed by atoms with Crippen LogP contribution in [0.3, 0.4) is 0 Å². The monoisotopic (exact) mass is 264 g/mol. The second-order valence-corrected chi connectivity index (χ2v) is 5.58. The van der Waals surface area contributed by atoms with Crippen LogP contribution in [0.2, 0.25) is 0 Å². The highest BCUT2D eigenvalue weighted by atomic mass is 16.3. The zero-order valence-electron chi connectivity index (χ0n) is 11.1. The maximum Gasteiger partial charge on any atom is 0.240 e. The normalized spacial score (nSPS) is 31.1. The predicted molar refractivity (Wildman–Crippen MR) is 69.3 cm³/mol. The topological polar surface area (TPSA) is 81.2 Å². The van der Waals surface area contributed by atoms with Gasteiger partial charge in [-0.2, -0.15) is 0 Å². The number of piperidine rings is 1. The number of carbonyl (C=O) groups is 1. The molecule has 3 atom stereocenters. The third kappa shape index (κ3) is 2.37. The number of likely N-dealkylation sites (tertiary alicyclic amines) is 1. The summed E-state index contributed by atoms with van der Waals surface area (Å²) in [6.45, 7) is 3.95. The molecule has 0 radical (unpaired) electrons. The van der Waals surface area contributed by atoms with Crippen molar-refractivity contribution in [2.24, 2.45) is 5.92 Å². The first-order chi connectivity index (χ1) is 9.15. The van der Waals surface area contributed by atoms with Gasteiger partial charge in [0, 0.05) is 26.1 Å². The van der Waals surface area contributed by atoms with Crippen molar-refractivity contribution in [3.05, 3.63) is 17.7 Å². The summed E-state index contributed by atoms with van der Waals surface area (Å²) >= 11 is 0. The lowest BCUT2D eigenvalue weighted by Gasteiger charge is -2.37. The molecule has 0 spiro atoms. The molecule has 3 heterocycles. The number of aliphatic hydroxyl groups is 1. The van der Waals surface area contributed by atoms with Crippen LogP contribution in [0.25, 0.3) is 0 Å². The number of aromatic nitrogens is 2. The standard InChI is InChI=1S/C13H20N4O2/c1-8-6-17(3-2-12(8)18)13(19)10-4-9-11(5-14-10)16-7-15-9/h7-8,10,12,14,18H,2-6H2,1H3,(H,15,16). The summed E-state index contributed by atoms with van der Waals surface area (Å²) in [5, 5.41) is 13.0. The smallest absolute Gasteiger partial charge is 0.240 e. The van der Waals surface area contributed by atoms with Crippen molar-refractivity contribution >= 4 is 5.91 Å². The molecule has 1 fully saturated rings. The van der Waals surface area contributed by atoms with Crippen LogP contribution in [-0.2, 0) is 17.8 Å². The number of carbonyl (C=O) groups excluding carboxylic acids is 1. The Labute approximate surface area is 112 Å². The summed E-state index contributed by atoms with van der Waals surface area (Å²) in [5.41, 5.74) is 2.06. The average molecular weight is 264 g/mol. The van der Waals surface area contributed by atoms with Gasteiger partial charge in [0.15, 0.2) is 0 Å². The zero-order chi connectivity index (χ0) is 13.4. The first kappa shape index (κ1) is 12.6. The van der Waals surface area contributed by atoms with Gasteiger partial charge in [0.05, 0.1) is 29.9 Å². The highest BCUT2D eigenvalue weighted by molar-refractivity contribution is 5.82. The van der Waals surface area contributed by atoms with E-state index in [1.807, 2.05) is 11.8 Å². The van der Waals surface area contributed by atoms with Crippen LogP contribution in [0, 0.1) is 5.92 Å². The van der Waals surface area contributed by atoms with E-state index in [1.54, 1.807) is 6.33 Å². The fourth-order valence-corrected chi connectivity index (χ4v) is 2.90. The predicted octanol–water partition coefficient (Wildman–Crippen LogP) is -0.347. The van der Waals surface area contributed by atoms with Crippen molar-refractivity contribution in [1.29, 1.82) is 0 Å². The fourth-order valence-electron chi connectivity index (χ4n) is 2.90. The summed E-state index contributed by atoms with van der Waals surface area (Å²) in [7, 11) is 0. The minimum atomic E-state index is -0.277. The Morgan fingerprint density at radius 3 is 3.21 bits per heavy atom. The summed E-state index contributed by atoms with van der Waals surface area (Å²) in [6, 6.07) is -0.182. The Morgan fingerprint density at radius 2 is 2.42 bits per heavy atom. The highest BCUT2D eigenvalue weighted by Gasteiger charge is 2.33.